The lowest BCUT2D eigenvalue weighted by molar-refractivity contribution is 0.463. The molecule has 0 amide bonds. The van der Waals surface area contributed by atoms with Gasteiger partial charge < -0.3 is 4.42 Å². The quantitative estimate of drug-likeness (QED) is 0.919. The second kappa shape index (κ2) is 5.12. The van der Waals surface area contributed by atoms with Gasteiger partial charge in [-0.2, -0.15) is 0 Å². The van der Waals surface area contributed by atoms with Gasteiger partial charge in [0, 0.05) is 4.88 Å². The standard InChI is InChI=1S/C10H11BrN2O3S2/c1-6-4-12-10(16-6)5-13-18(14,15)8-3-9(11)17-7(8)2/h3-4,13H,5H2,1-2H3. The fraction of sp³-hybridized carbons (Fsp3) is 0.300. The van der Waals surface area contributed by atoms with Gasteiger partial charge in [0.1, 0.15) is 5.76 Å². The SMILES string of the molecule is Cc1cnc(CNS(=O)(=O)c2cc(Br)sc2C)o1. The van der Waals surface area contributed by atoms with Crippen LogP contribution >= 0.6 is 27.3 Å². The minimum Gasteiger partial charge on any atom is -0.445 e. The Balaban J connectivity index is 2.15. The van der Waals surface area contributed by atoms with Gasteiger partial charge in [-0.15, -0.1) is 11.3 Å². The second-order valence-corrected chi connectivity index (χ2v) is 8.03. The number of nitrogens with zero attached hydrogens (tertiary/aromatic N) is 1. The number of rotatable bonds is 4. The van der Waals surface area contributed by atoms with Crippen molar-refractivity contribution in [1.82, 2.24) is 9.71 Å². The Labute approximate surface area is 117 Å². The molecule has 98 valence electrons. The topological polar surface area (TPSA) is 72.2 Å². The van der Waals surface area contributed by atoms with E-state index in [2.05, 4.69) is 25.6 Å². The zero-order valence-corrected chi connectivity index (χ0v) is 12.9. The Morgan fingerprint density at radius 2 is 2.22 bits per heavy atom. The summed E-state index contributed by atoms with van der Waals surface area (Å²) in [4.78, 5) is 4.95. The molecule has 0 aliphatic carbocycles. The Bertz CT molecular complexity index is 660. The van der Waals surface area contributed by atoms with E-state index in [1.54, 1.807) is 26.1 Å². The maximum atomic E-state index is 12.1. The summed E-state index contributed by atoms with van der Waals surface area (Å²) in [5, 5.41) is 0. The van der Waals surface area contributed by atoms with Gasteiger partial charge in [-0.05, 0) is 35.8 Å². The molecule has 0 saturated carbocycles. The van der Waals surface area contributed by atoms with Crippen molar-refractivity contribution in [2.45, 2.75) is 25.3 Å². The molecular formula is C10H11BrN2O3S2. The molecule has 5 nitrogen and oxygen atoms in total. The molecule has 8 heteroatoms. The molecule has 2 aromatic heterocycles. The minimum absolute atomic E-state index is 0.0447. The van der Waals surface area contributed by atoms with Crippen molar-refractivity contribution in [3.63, 3.8) is 0 Å². The van der Waals surface area contributed by atoms with Crippen molar-refractivity contribution in [1.29, 1.82) is 0 Å². The van der Waals surface area contributed by atoms with Gasteiger partial charge in [-0.25, -0.2) is 18.1 Å². The zero-order valence-electron chi connectivity index (χ0n) is 9.73. The molecule has 0 aliphatic rings. The van der Waals surface area contributed by atoms with E-state index in [1.165, 1.54) is 11.3 Å². The predicted octanol–water partition coefficient (Wildman–Crippen LogP) is 2.59. The van der Waals surface area contributed by atoms with Crippen molar-refractivity contribution in [3.8, 4) is 0 Å². The summed E-state index contributed by atoms with van der Waals surface area (Å²) in [7, 11) is -3.53. The van der Waals surface area contributed by atoms with Gasteiger partial charge in [0.2, 0.25) is 15.9 Å². The number of nitrogens with one attached hydrogen (secondary N) is 1. The fourth-order valence-electron chi connectivity index (χ4n) is 1.42. The molecule has 0 atom stereocenters. The van der Waals surface area contributed by atoms with Crippen LogP contribution in [-0.4, -0.2) is 13.4 Å². The lowest BCUT2D eigenvalue weighted by atomic mass is 10.5. The van der Waals surface area contributed by atoms with E-state index in [4.69, 9.17) is 4.42 Å². The lowest BCUT2D eigenvalue weighted by Crippen LogP contribution is -2.23. The van der Waals surface area contributed by atoms with E-state index in [9.17, 15) is 8.42 Å². The highest BCUT2D eigenvalue weighted by molar-refractivity contribution is 9.11. The lowest BCUT2D eigenvalue weighted by Gasteiger charge is -2.03. The smallest absolute Gasteiger partial charge is 0.242 e. The van der Waals surface area contributed by atoms with Crippen LogP contribution in [0.3, 0.4) is 0 Å². The molecule has 2 aromatic rings. The molecule has 0 saturated heterocycles. The molecule has 0 spiro atoms. The molecule has 0 radical (unpaired) electrons. The van der Waals surface area contributed by atoms with E-state index in [0.717, 1.165) is 8.66 Å². The summed E-state index contributed by atoms with van der Waals surface area (Å²) >= 11 is 4.65. The predicted molar refractivity (Wildman–Crippen MR) is 72.0 cm³/mol. The van der Waals surface area contributed by atoms with Crippen LogP contribution in [0.25, 0.3) is 0 Å². The number of oxazole rings is 1. The number of aromatic nitrogens is 1. The van der Waals surface area contributed by atoms with Crippen molar-refractivity contribution in [3.05, 3.63) is 32.6 Å². The van der Waals surface area contributed by atoms with Crippen LogP contribution in [0.15, 0.2) is 25.4 Å². The first-order chi connectivity index (χ1) is 8.38. The van der Waals surface area contributed by atoms with Gasteiger partial charge in [0.05, 0.1) is 21.4 Å². The van der Waals surface area contributed by atoms with Crippen LogP contribution in [0.5, 0.6) is 0 Å². The molecule has 0 unspecified atom stereocenters. The van der Waals surface area contributed by atoms with Crippen LogP contribution in [-0.2, 0) is 16.6 Å². The molecule has 18 heavy (non-hydrogen) atoms. The Hall–Kier alpha value is -0.700. The molecular weight excluding hydrogens is 340 g/mol. The molecule has 2 rings (SSSR count). The summed E-state index contributed by atoms with van der Waals surface area (Å²) in [5.41, 5.74) is 0. The Morgan fingerprint density at radius 3 is 2.72 bits per heavy atom. The zero-order chi connectivity index (χ0) is 13.3. The van der Waals surface area contributed by atoms with Gasteiger partial charge >= 0.3 is 0 Å². The van der Waals surface area contributed by atoms with Crippen molar-refractivity contribution < 1.29 is 12.8 Å². The summed E-state index contributed by atoms with van der Waals surface area (Å²) in [5.74, 6) is 1.00. The number of halogens is 1. The van der Waals surface area contributed by atoms with E-state index in [-0.39, 0.29) is 11.4 Å². The number of aryl methyl sites for hydroxylation is 2. The maximum absolute atomic E-state index is 12.1. The monoisotopic (exact) mass is 350 g/mol. The third kappa shape index (κ3) is 3.00. The van der Waals surface area contributed by atoms with E-state index in [0.29, 0.717) is 11.7 Å². The first-order valence-corrected chi connectivity index (χ1v) is 8.14. The number of hydrogen-bond donors (Lipinski definition) is 1. The number of sulfonamides is 1. The molecule has 0 aromatic carbocycles. The van der Waals surface area contributed by atoms with Crippen molar-refractivity contribution in [2.75, 3.05) is 0 Å². The summed E-state index contributed by atoms with van der Waals surface area (Å²) in [6, 6.07) is 1.59. The molecule has 0 aliphatic heterocycles. The maximum Gasteiger partial charge on any atom is 0.242 e. The van der Waals surface area contributed by atoms with Crippen LogP contribution < -0.4 is 4.72 Å². The van der Waals surface area contributed by atoms with Gasteiger partial charge in [0.25, 0.3) is 0 Å². The van der Waals surface area contributed by atoms with Gasteiger partial charge in [-0.3, -0.25) is 0 Å². The van der Waals surface area contributed by atoms with Crippen LogP contribution in [0.1, 0.15) is 16.5 Å². The third-order valence-electron chi connectivity index (χ3n) is 2.21. The van der Waals surface area contributed by atoms with Crippen LogP contribution in [0, 0.1) is 13.8 Å². The van der Waals surface area contributed by atoms with E-state index in [1.807, 2.05) is 0 Å². The van der Waals surface area contributed by atoms with E-state index < -0.39 is 10.0 Å². The molecule has 0 bridgehead atoms. The Morgan fingerprint density at radius 1 is 1.50 bits per heavy atom. The van der Waals surface area contributed by atoms with Crippen molar-refractivity contribution >= 4 is 37.3 Å². The summed E-state index contributed by atoms with van der Waals surface area (Å²) in [6.45, 7) is 3.56. The molecule has 0 fully saturated rings. The summed E-state index contributed by atoms with van der Waals surface area (Å²) < 4.78 is 32.6. The second-order valence-electron chi connectivity index (χ2n) is 3.66. The molecule has 2 heterocycles. The van der Waals surface area contributed by atoms with E-state index >= 15 is 0 Å². The Kier molecular flexibility index (Phi) is 3.90. The van der Waals surface area contributed by atoms with Crippen LogP contribution in [0.4, 0.5) is 0 Å². The average Bonchev–Trinajstić information content (AvgIpc) is 2.82. The highest BCUT2D eigenvalue weighted by atomic mass is 79.9. The molecule has 1 N–H and O–H groups in total. The van der Waals surface area contributed by atoms with Gasteiger partial charge in [-0.1, -0.05) is 0 Å². The fourth-order valence-corrected chi connectivity index (χ4v) is 4.80. The average molecular weight is 351 g/mol. The normalized spacial score (nSPS) is 11.9. The van der Waals surface area contributed by atoms with Crippen LogP contribution in [0.2, 0.25) is 0 Å². The van der Waals surface area contributed by atoms with Crippen molar-refractivity contribution in [2.24, 2.45) is 0 Å². The third-order valence-corrected chi connectivity index (χ3v) is 5.42. The highest BCUT2D eigenvalue weighted by Crippen LogP contribution is 2.29. The number of hydrogen-bond acceptors (Lipinski definition) is 5. The number of thiophene rings is 1. The first kappa shape index (κ1) is 13.7. The largest absolute Gasteiger partial charge is 0.445 e. The minimum atomic E-state index is -3.53. The van der Waals surface area contributed by atoms with Gasteiger partial charge in [0.15, 0.2) is 0 Å². The summed E-state index contributed by atoms with van der Waals surface area (Å²) in [6.07, 6.45) is 1.55. The highest BCUT2D eigenvalue weighted by Gasteiger charge is 2.19. The first-order valence-electron chi connectivity index (χ1n) is 5.05.